The van der Waals surface area contributed by atoms with Gasteiger partial charge in [0.1, 0.15) is 0 Å². The van der Waals surface area contributed by atoms with Gasteiger partial charge in [0.15, 0.2) is 5.96 Å². The van der Waals surface area contributed by atoms with E-state index in [9.17, 15) is 8.42 Å². The standard InChI is InChI=1S/C14H31N5O3S.HI/c1-3-15-14(17-7-8-18-23(20,21)4-2)16-6-5-9-19-10-12-22-13-11-19;/h18H,3-13H2,1-2H3,(H2,15,16,17);1H. The Morgan fingerprint density at radius 1 is 1.17 bits per heavy atom. The van der Waals surface area contributed by atoms with Gasteiger partial charge in [-0.05, 0) is 20.3 Å². The predicted octanol–water partition coefficient (Wildman–Crippen LogP) is -0.179. The molecule has 1 fully saturated rings. The first-order valence-electron chi connectivity index (χ1n) is 8.37. The van der Waals surface area contributed by atoms with E-state index in [1.807, 2.05) is 6.92 Å². The number of nitrogens with zero attached hydrogens (tertiary/aromatic N) is 2. The van der Waals surface area contributed by atoms with Crippen molar-refractivity contribution in [2.24, 2.45) is 4.99 Å². The van der Waals surface area contributed by atoms with Crippen molar-refractivity contribution >= 4 is 40.0 Å². The quantitative estimate of drug-likeness (QED) is 0.175. The summed E-state index contributed by atoms with van der Waals surface area (Å²) in [6.07, 6.45) is 0.999. The predicted molar refractivity (Wildman–Crippen MR) is 109 cm³/mol. The summed E-state index contributed by atoms with van der Waals surface area (Å²) in [7, 11) is -3.13. The van der Waals surface area contributed by atoms with Gasteiger partial charge in [0.05, 0.1) is 19.0 Å². The molecular weight excluding hydrogens is 445 g/mol. The van der Waals surface area contributed by atoms with Crippen molar-refractivity contribution in [3.8, 4) is 0 Å². The summed E-state index contributed by atoms with van der Waals surface area (Å²) in [5.74, 6) is 0.827. The van der Waals surface area contributed by atoms with E-state index in [0.717, 1.165) is 58.3 Å². The minimum absolute atomic E-state index is 0. The van der Waals surface area contributed by atoms with Gasteiger partial charge < -0.3 is 15.4 Å². The number of sulfonamides is 1. The monoisotopic (exact) mass is 477 g/mol. The second-order valence-corrected chi connectivity index (χ2v) is 7.39. The number of hydrogen-bond acceptors (Lipinski definition) is 5. The molecule has 1 aliphatic heterocycles. The van der Waals surface area contributed by atoms with E-state index < -0.39 is 10.0 Å². The van der Waals surface area contributed by atoms with Crippen LogP contribution >= 0.6 is 24.0 Å². The first-order valence-corrected chi connectivity index (χ1v) is 10.0. The fourth-order valence-electron chi connectivity index (χ4n) is 2.14. The number of aliphatic imine (C=N–C) groups is 1. The highest BCUT2D eigenvalue weighted by Crippen LogP contribution is 1.97. The molecule has 1 aliphatic rings. The van der Waals surface area contributed by atoms with Crippen LogP contribution in [0.2, 0.25) is 0 Å². The molecule has 0 aromatic carbocycles. The van der Waals surface area contributed by atoms with Crippen molar-refractivity contribution in [1.29, 1.82) is 0 Å². The third kappa shape index (κ3) is 11.4. The van der Waals surface area contributed by atoms with E-state index >= 15 is 0 Å². The number of guanidine groups is 1. The first kappa shape index (κ1) is 23.8. The maximum atomic E-state index is 11.3. The van der Waals surface area contributed by atoms with Gasteiger partial charge in [-0.1, -0.05) is 0 Å². The third-order valence-electron chi connectivity index (χ3n) is 3.47. The first-order chi connectivity index (χ1) is 11.1. The van der Waals surface area contributed by atoms with Crippen molar-refractivity contribution in [1.82, 2.24) is 20.3 Å². The highest BCUT2D eigenvalue weighted by atomic mass is 127. The molecule has 0 radical (unpaired) electrons. The molecule has 0 bridgehead atoms. The van der Waals surface area contributed by atoms with Crippen molar-refractivity contribution < 1.29 is 13.2 Å². The summed E-state index contributed by atoms with van der Waals surface area (Å²) in [5.41, 5.74) is 0. The molecule has 24 heavy (non-hydrogen) atoms. The van der Waals surface area contributed by atoms with Gasteiger partial charge in [0.2, 0.25) is 10.0 Å². The van der Waals surface area contributed by atoms with Crippen molar-refractivity contribution in [3.05, 3.63) is 0 Å². The van der Waals surface area contributed by atoms with E-state index in [4.69, 9.17) is 4.74 Å². The van der Waals surface area contributed by atoms with Gasteiger partial charge >= 0.3 is 0 Å². The maximum absolute atomic E-state index is 11.3. The average molecular weight is 477 g/mol. The van der Waals surface area contributed by atoms with Gasteiger partial charge in [-0.15, -0.1) is 24.0 Å². The molecule has 1 rings (SSSR count). The van der Waals surface area contributed by atoms with Gasteiger partial charge in [0, 0.05) is 45.8 Å². The topological polar surface area (TPSA) is 95.1 Å². The summed E-state index contributed by atoms with van der Waals surface area (Å²) in [6, 6.07) is 0. The van der Waals surface area contributed by atoms with Crippen LogP contribution < -0.4 is 15.4 Å². The molecule has 1 saturated heterocycles. The molecule has 0 unspecified atom stereocenters. The van der Waals surface area contributed by atoms with Crippen molar-refractivity contribution in [2.75, 3.05) is 64.8 Å². The largest absolute Gasteiger partial charge is 0.379 e. The maximum Gasteiger partial charge on any atom is 0.211 e. The fraction of sp³-hybridized carbons (Fsp3) is 0.929. The molecule has 1 heterocycles. The lowest BCUT2D eigenvalue weighted by molar-refractivity contribution is 0.0377. The van der Waals surface area contributed by atoms with Crippen LogP contribution in [0.1, 0.15) is 20.3 Å². The van der Waals surface area contributed by atoms with Crippen LogP contribution in [0.25, 0.3) is 0 Å². The molecule has 0 aromatic heterocycles. The minimum atomic E-state index is -3.13. The van der Waals surface area contributed by atoms with Crippen LogP contribution in [-0.4, -0.2) is 84.1 Å². The van der Waals surface area contributed by atoms with Crippen LogP contribution in [0.5, 0.6) is 0 Å². The SMILES string of the molecule is CCNC(=NCCCN1CCOCC1)NCCNS(=O)(=O)CC.I. The molecule has 8 nitrogen and oxygen atoms in total. The number of nitrogens with one attached hydrogen (secondary N) is 3. The Labute approximate surface area is 163 Å². The molecule has 0 atom stereocenters. The number of rotatable bonds is 10. The Balaban J connectivity index is 0.00000529. The molecule has 3 N–H and O–H groups in total. The Kier molecular flexibility index (Phi) is 13.9. The zero-order valence-corrected chi connectivity index (χ0v) is 17.9. The molecule has 0 spiro atoms. The van der Waals surface area contributed by atoms with E-state index in [1.165, 1.54) is 0 Å². The summed E-state index contributed by atoms with van der Waals surface area (Å²) in [5, 5.41) is 6.29. The highest BCUT2D eigenvalue weighted by Gasteiger charge is 2.09. The summed E-state index contributed by atoms with van der Waals surface area (Å²) in [4.78, 5) is 6.90. The summed E-state index contributed by atoms with van der Waals surface area (Å²) in [6.45, 7) is 10.7. The van der Waals surface area contributed by atoms with E-state index in [-0.39, 0.29) is 29.7 Å². The molecule has 144 valence electrons. The molecule has 10 heteroatoms. The van der Waals surface area contributed by atoms with Gasteiger partial charge in [0.25, 0.3) is 0 Å². The minimum Gasteiger partial charge on any atom is -0.379 e. The Hall–Kier alpha value is -0.170. The molecule has 0 amide bonds. The number of morpholine rings is 1. The van der Waals surface area contributed by atoms with Crippen LogP contribution in [-0.2, 0) is 14.8 Å². The van der Waals surface area contributed by atoms with Crippen LogP contribution in [0.3, 0.4) is 0 Å². The van der Waals surface area contributed by atoms with Crippen LogP contribution in [0.4, 0.5) is 0 Å². The normalized spacial score (nSPS) is 16.5. The molecule has 0 aromatic rings. The lowest BCUT2D eigenvalue weighted by Gasteiger charge is -2.26. The second-order valence-electron chi connectivity index (χ2n) is 5.29. The van der Waals surface area contributed by atoms with Crippen molar-refractivity contribution in [3.63, 3.8) is 0 Å². The molecule has 0 aliphatic carbocycles. The van der Waals surface area contributed by atoms with E-state index in [0.29, 0.717) is 13.1 Å². The average Bonchev–Trinajstić information content (AvgIpc) is 2.56. The molecular formula is C14H32IN5O3S. The smallest absolute Gasteiger partial charge is 0.211 e. The van der Waals surface area contributed by atoms with Crippen molar-refractivity contribution in [2.45, 2.75) is 20.3 Å². The lowest BCUT2D eigenvalue weighted by atomic mass is 10.3. The summed E-state index contributed by atoms with van der Waals surface area (Å²) < 4.78 is 30.5. The number of hydrogen-bond donors (Lipinski definition) is 3. The number of ether oxygens (including phenoxy) is 1. The van der Waals surface area contributed by atoms with Crippen LogP contribution in [0.15, 0.2) is 4.99 Å². The fourth-order valence-corrected chi connectivity index (χ4v) is 2.76. The third-order valence-corrected chi connectivity index (χ3v) is 4.87. The van der Waals surface area contributed by atoms with Gasteiger partial charge in [-0.3, -0.25) is 9.89 Å². The highest BCUT2D eigenvalue weighted by molar-refractivity contribution is 14.0. The second kappa shape index (κ2) is 14.0. The Bertz CT molecular complexity index is 442. The van der Waals surface area contributed by atoms with Crippen LogP contribution in [0, 0.1) is 0 Å². The Morgan fingerprint density at radius 2 is 1.88 bits per heavy atom. The summed E-state index contributed by atoms with van der Waals surface area (Å²) >= 11 is 0. The number of halogens is 1. The lowest BCUT2D eigenvalue weighted by Crippen LogP contribution is -2.42. The zero-order valence-electron chi connectivity index (χ0n) is 14.7. The zero-order chi connectivity index (χ0) is 17.0. The van der Waals surface area contributed by atoms with Gasteiger partial charge in [-0.2, -0.15) is 0 Å². The van der Waals surface area contributed by atoms with E-state index in [1.54, 1.807) is 6.92 Å². The molecule has 0 saturated carbocycles. The van der Waals surface area contributed by atoms with Gasteiger partial charge in [-0.25, -0.2) is 13.1 Å². The van der Waals surface area contributed by atoms with E-state index in [2.05, 4.69) is 25.2 Å². The Morgan fingerprint density at radius 3 is 2.50 bits per heavy atom.